The van der Waals surface area contributed by atoms with Crippen molar-refractivity contribution < 1.29 is 4.74 Å². The molecule has 0 spiro atoms. The van der Waals surface area contributed by atoms with Crippen molar-refractivity contribution in [3.63, 3.8) is 0 Å². The van der Waals surface area contributed by atoms with Gasteiger partial charge in [0.05, 0.1) is 33.7 Å². The van der Waals surface area contributed by atoms with Crippen LogP contribution in [-0.2, 0) is 0 Å². The number of benzene rings is 1. The second-order valence-corrected chi connectivity index (χ2v) is 10.6. The molecule has 1 aromatic carbocycles. The Morgan fingerprint density at radius 1 is 0.818 bits per heavy atom. The SMILES string of the molecule is C#Cc1ccc(-c2c(C)c(OCCCCCCCC)c(-c3ccc(C#C)s3)c3nsnc23)s1. The van der Waals surface area contributed by atoms with Crippen LogP contribution in [0.3, 0.4) is 0 Å². The first kappa shape index (κ1) is 23.5. The van der Waals surface area contributed by atoms with Crippen LogP contribution in [0.1, 0.15) is 60.8 Å². The van der Waals surface area contributed by atoms with Crippen LogP contribution in [0.15, 0.2) is 24.3 Å². The van der Waals surface area contributed by atoms with E-state index in [-0.39, 0.29) is 0 Å². The predicted octanol–water partition coefficient (Wildman–Crippen LogP) is 8.16. The normalized spacial score (nSPS) is 10.9. The quantitative estimate of drug-likeness (QED) is 0.166. The van der Waals surface area contributed by atoms with Crippen LogP contribution in [0.25, 0.3) is 31.9 Å². The van der Waals surface area contributed by atoms with Gasteiger partial charge >= 0.3 is 0 Å². The van der Waals surface area contributed by atoms with Crippen molar-refractivity contribution in [1.82, 2.24) is 8.75 Å². The van der Waals surface area contributed by atoms with Crippen LogP contribution in [0.5, 0.6) is 5.75 Å². The number of unbranched alkanes of at least 4 members (excludes halogenated alkanes) is 5. The minimum absolute atomic E-state index is 0.676. The topological polar surface area (TPSA) is 35.0 Å². The van der Waals surface area contributed by atoms with Crippen LogP contribution in [0, 0.1) is 31.6 Å². The average molecular weight is 491 g/mol. The zero-order chi connectivity index (χ0) is 23.2. The number of rotatable bonds is 10. The van der Waals surface area contributed by atoms with Crippen molar-refractivity contribution in [2.45, 2.75) is 52.4 Å². The molecule has 0 amide bonds. The Morgan fingerprint density at radius 3 is 2.00 bits per heavy atom. The van der Waals surface area contributed by atoms with Gasteiger partial charge in [-0.2, -0.15) is 8.75 Å². The number of thiophene rings is 2. The van der Waals surface area contributed by atoms with Gasteiger partial charge in [0, 0.05) is 20.9 Å². The fraction of sp³-hybridized carbons (Fsp3) is 0.333. The van der Waals surface area contributed by atoms with Crippen molar-refractivity contribution in [2.24, 2.45) is 0 Å². The lowest BCUT2D eigenvalue weighted by atomic mass is 9.98. The number of ether oxygens (including phenoxy) is 1. The Balaban J connectivity index is 1.77. The minimum Gasteiger partial charge on any atom is -0.493 e. The maximum Gasteiger partial charge on any atom is 0.133 e. The largest absolute Gasteiger partial charge is 0.493 e. The molecule has 0 saturated carbocycles. The van der Waals surface area contributed by atoms with E-state index >= 15 is 0 Å². The van der Waals surface area contributed by atoms with Crippen molar-refractivity contribution in [3.8, 4) is 51.3 Å². The highest BCUT2D eigenvalue weighted by molar-refractivity contribution is 7.16. The maximum absolute atomic E-state index is 6.50. The zero-order valence-corrected chi connectivity index (χ0v) is 21.4. The molecule has 0 aliphatic rings. The third-order valence-corrected chi connectivity index (χ3v) is 8.23. The molecule has 0 N–H and O–H groups in total. The Hall–Kier alpha value is -2.64. The number of hydrogen-bond acceptors (Lipinski definition) is 6. The third-order valence-electron chi connectivity index (χ3n) is 5.64. The summed E-state index contributed by atoms with van der Waals surface area (Å²) in [6.45, 7) is 5.03. The van der Waals surface area contributed by atoms with Crippen LogP contribution in [0.2, 0.25) is 0 Å². The van der Waals surface area contributed by atoms with E-state index in [0.29, 0.717) is 6.61 Å². The molecule has 0 fully saturated rings. The summed E-state index contributed by atoms with van der Waals surface area (Å²) in [4.78, 5) is 3.94. The Bertz CT molecular complexity index is 1330. The van der Waals surface area contributed by atoms with E-state index in [2.05, 4.69) is 42.2 Å². The van der Waals surface area contributed by atoms with E-state index in [1.54, 1.807) is 22.7 Å². The summed E-state index contributed by atoms with van der Waals surface area (Å²) in [6.07, 6.45) is 18.6. The highest BCUT2D eigenvalue weighted by Gasteiger charge is 2.25. The van der Waals surface area contributed by atoms with E-state index in [4.69, 9.17) is 22.0 Å². The van der Waals surface area contributed by atoms with E-state index in [1.807, 2.05) is 12.1 Å². The number of hydrogen-bond donors (Lipinski definition) is 0. The molecule has 0 aliphatic heterocycles. The van der Waals surface area contributed by atoms with Gasteiger partial charge in [0.25, 0.3) is 0 Å². The van der Waals surface area contributed by atoms with Gasteiger partial charge in [-0.05, 0) is 37.6 Å². The summed E-state index contributed by atoms with van der Waals surface area (Å²) in [6, 6.07) is 8.09. The summed E-state index contributed by atoms with van der Waals surface area (Å²) < 4.78 is 15.9. The average Bonchev–Trinajstić information content (AvgIpc) is 3.59. The molecule has 0 atom stereocenters. The molecule has 4 rings (SSSR count). The maximum atomic E-state index is 6.50. The highest BCUT2D eigenvalue weighted by Crippen LogP contribution is 2.48. The van der Waals surface area contributed by atoms with Crippen LogP contribution in [-0.4, -0.2) is 15.4 Å². The molecule has 33 heavy (non-hydrogen) atoms. The summed E-state index contributed by atoms with van der Waals surface area (Å²) >= 11 is 4.41. The van der Waals surface area contributed by atoms with Gasteiger partial charge in [0.1, 0.15) is 16.8 Å². The fourth-order valence-corrected chi connectivity index (χ4v) is 6.31. The zero-order valence-electron chi connectivity index (χ0n) is 18.9. The lowest BCUT2D eigenvalue weighted by Crippen LogP contribution is -2.02. The van der Waals surface area contributed by atoms with Gasteiger partial charge in [-0.1, -0.05) is 50.9 Å². The number of aromatic nitrogens is 2. The van der Waals surface area contributed by atoms with E-state index < -0.39 is 0 Å². The van der Waals surface area contributed by atoms with Crippen molar-refractivity contribution in [2.75, 3.05) is 6.61 Å². The molecule has 0 radical (unpaired) electrons. The Morgan fingerprint density at radius 2 is 1.39 bits per heavy atom. The molecule has 6 heteroatoms. The van der Waals surface area contributed by atoms with Gasteiger partial charge in [-0.3, -0.25) is 0 Å². The summed E-state index contributed by atoms with van der Waals surface area (Å²) in [5, 5.41) is 0. The smallest absolute Gasteiger partial charge is 0.133 e. The predicted molar refractivity (Wildman–Crippen MR) is 144 cm³/mol. The molecular weight excluding hydrogens is 465 g/mol. The van der Waals surface area contributed by atoms with E-state index in [1.165, 1.54) is 43.8 Å². The highest BCUT2D eigenvalue weighted by atomic mass is 32.1. The lowest BCUT2D eigenvalue weighted by Gasteiger charge is -2.17. The van der Waals surface area contributed by atoms with Gasteiger partial charge in [0.15, 0.2) is 0 Å². The first-order valence-electron chi connectivity index (χ1n) is 11.2. The van der Waals surface area contributed by atoms with Gasteiger partial charge in [0.2, 0.25) is 0 Å². The Kier molecular flexibility index (Phi) is 7.83. The van der Waals surface area contributed by atoms with Gasteiger partial charge in [-0.25, -0.2) is 0 Å². The van der Waals surface area contributed by atoms with Gasteiger partial charge in [-0.15, -0.1) is 35.5 Å². The summed E-state index contributed by atoms with van der Waals surface area (Å²) in [5.74, 6) is 6.36. The molecule has 3 aromatic heterocycles. The summed E-state index contributed by atoms with van der Waals surface area (Å²) in [7, 11) is 0. The Labute approximate surface area is 208 Å². The first-order chi connectivity index (χ1) is 16.2. The number of terminal acetylenes is 2. The molecule has 3 heterocycles. The first-order valence-corrected chi connectivity index (χ1v) is 13.6. The van der Waals surface area contributed by atoms with Crippen molar-refractivity contribution in [1.29, 1.82) is 0 Å². The van der Waals surface area contributed by atoms with Crippen molar-refractivity contribution in [3.05, 3.63) is 39.6 Å². The van der Waals surface area contributed by atoms with Crippen LogP contribution < -0.4 is 4.74 Å². The molecule has 0 saturated heterocycles. The molecule has 0 bridgehead atoms. The standard InChI is InChI=1S/C27H26N2OS3/c1-5-8-9-10-11-12-17-30-27-18(4)23(21-15-13-19(6-2)31-21)25-26(29-33-28-25)24(27)22-16-14-20(7-3)32-22/h2-3,13-16H,5,8-12,17H2,1,4H3. The molecule has 0 unspecified atom stereocenters. The van der Waals surface area contributed by atoms with E-state index in [9.17, 15) is 0 Å². The van der Waals surface area contributed by atoms with Crippen molar-refractivity contribution >= 4 is 45.4 Å². The monoisotopic (exact) mass is 490 g/mol. The molecule has 0 aliphatic carbocycles. The van der Waals surface area contributed by atoms with Crippen LogP contribution >= 0.6 is 34.4 Å². The molecular formula is C27H26N2OS3. The van der Waals surface area contributed by atoms with E-state index in [0.717, 1.165) is 59.4 Å². The molecule has 168 valence electrons. The number of nitrogens with zero attached hydrogens (tertiary/aromatic N) is 2. The molecule has 3 nitrogen and oxygen atoms in total. The fourth-order valence-electron chi connectivity index (χ4n) is 3.97. The minimum atomic E-state index is 0.676. The van der Waals surface area contributed by atoms with Gasteiger partial charge < -0.3 is 4.74 Å². The number of fused-ring (bicyclic) bond motifs is 1. The van der Waals surface area contributed by atoms with Crippen LogP contribution in [0.4, 0.5) is 0 Å². The molecule has 4 aromatic rings. The summed E-state index contributed by atoms with van der Waals surface area (Å²) in [5.41, 5.74) is 4.87. The third kappa shape index (κ3) is 4.99. The second kappa shape index (κ2) is 11.0. The second-order valence-electron chi connectivity index (χ2n) is 7.90. The lowest BCUT2D eigenvalue weighted by molar-refractivity contribution is 0.304.